The Morgan fingerprint density at radius 1 is 1.07 bits per heavy atom. The number of aryl methyl sites for hydroxylation is 2. The fourth-order valence-corrected chi connectivity index (χ4v) is 3.02. The van der Waals surface area contributed by atoms with E-state index in [1.54, 1.807) is 29.1 Å². The van der Waals surface area contributed by atoms with Gasteiger partial charge in [-0.2, -0.15) is 5.10 Å². The van der Waals surface area contributed by atoms with Crippen LogP contribution < -0.4 is 10.7 Å². The molecule has 2 aromatic carbocycles. The van der Waals surface area contributed by atoms with Gasteiger partial charge in [0.15, 0.2) is 11.2 Å². The highest BCUT2D eigenvalue weighted by Gasteiger charge is 2.15. The number of hydrogen-bond acceptors (Lipinski definition) is 4. The van der Waals surface area contributed by atoms with Gasteiger partial charge in [-0.15, -0.1) is 0 Å². The molecule has 0 radical (unpaired) electrons. The van der Waals surface area contributed by atoms with Gasteiger partial charge in [0.1, 0.15) is 11.4 Å². The second-order valence-corrected chi connectivity index (χ2v) is 6.72. The van der Waals surface area contributed by atoms with Crippen LogP contribution in [0.15, 0.2) is 70.0 Å². The Kier molecular flexibility index (Phi) is 4.53. The molecule has 2 heterocycles. The molecule has 0 aliphatic heterocycles. The number of amides is 1. The second kappa shape index (κ2) is 7.15. The van der Waals surface area contributed by atoms with Crippen molar-refractivity contribution < 1.29 is 9.21 Å². The summed E-state index contributed by atoms with van der Waals surface area (Å²) in [6, 6.07) is 16.3. The first-order valence-corrected chi connectivity index (χ1v) is 8.93. The van der Waals surface area contributed by atoms with E-state index < -0.39 is 5.91 Å². The molecule has 0 atom stereocenters. The third-order valence-electron chi connectivity index (χ3n) is 4.70. The van der Waals surface area contributed by atoms with Gasteiger partial charge in [0, 0.05) is 12.1 Å². The zero-order valence-electron chi connectivity index (χ0n) is 15.6. The molecule has 0 fully saturated rings. The number of benzene rings is 2. The van der Waals surface area contributed by atoms with Gasteiger partial charge < -0.3 is 9.73 Å². The Morgan fingerprint density at radius 3 is 2.61 bits per heavy atom. The summed E-state index contributed by atoms with van der Waals surface area (Å²) in [7, 11) is 0. The summed E-state index contributed by atoms with van der Waals surface area (Å²) in [5, 5.41) is 7.50. The molecule has 0 aliphatic carbocycles. The van der Waals surface area contributed by atoms with Crippen molar-refractivity contribution in [2.24, 2.45) is 0 Å². The summed E-state index contributed by atoms with van der Waals surface area (Å²) in [6.07, 6.45) is 1.61. The molecule has 2 aromatic heterocycles. The lowest BCUT2D eigenvalue weighted by Gasteiger charge is -2.09. The standard InChI is InChI=1S/C22H19N3O3/c1-14-10-17-18(26)12-20(28-19(17)11-15(14)2)22(27)24-21-8-9-23-25(21)13-16-6-4-3-5-7-16/h3-12H,13H2,1-2H3,(H,24,27). The smallest absolute Gasteiger partial charge is 0.292 e. The summed E-state index contributed by atoms with van der Waals surface area (Å²) >= 11 is 0. The van der Waals surface area contributed by atoms with E-state index in [-0.39, 0.29) is 11.2 Å². The lowest BCUT2D eigenvalue weighted by Crippen LogP contribution is -2.18. The van der Waals surface area contributed by atoms with Crippen LogP contribution in [0.4, 0.5) is 5.82 Å². The Bertz CT molecular complexity index is 1220. The van der Waals surface area contributed by atoms with Crippen LogP contribution in [0.1, 0.15) is 27.2 Å². The largest absolute Gasteiger partial charge is 0.451 e. The molecule has 28 heavy (non-hydrogen) atoms. The van der Waals surface area contributed by atoms with Crippen LogP contribution in [0.5, 0.6) is 0 Å². The number of hydrogen-bond donors (Lipinski definition) is 1. The molecule has 6 heteroatoms. The van der Waals surface area contributed by atoms with Crippen LogP contribution in [0.3, 0.4) is 0 Å². The average molecular weight is 373 g/mol. The molecule has 6 nitrogen and oxygen atoms in total. The summed E-state index contributed by atoms with van der Waals surface area (Å²) in [6.45, 7) is 4.38. The number of nitrogens with zero attached hydrogens (tertiary/aromatic N) is 2. The average Bonchev–Trinajstić information content (AvgIpc) is 3.10. The number of carbonyl (C=O) groups is 1. The monoisotopic (exact) mass is 373 g/mol. The molecule has 0 saturated heterocycles. The van der Waals surface area contributed by atoms with Crippen molar-refractivity contribution in [2.45, 2.75) is 20.4 Å². The zero-order valence-corrected chi connectivity index (χ0v) is 15.6. The normalized spacial score (nSPS) is 10.9. The quantitative estimate of drug-likeness (QED) is 0.588. The number of nitrogens with one attached hydrogen (secondary N) is 1. The summed E-state index contributed by atoms with van der Waals surface area (Å²) in [5.41, 5.74) is 3.21. The third kappa shape index (κ3) is 3.44. The maximum absolute atomic E-state index is 12.7. The van der Waals surface area contributed by atoms with E-state index in [1.807, 2.05) is 44.2 Å². The summed E-state index contributed by atoms with van der Waals surface area (Å²) < 4.78 is 7.39. The number of fused-ring (bicyclic) bond motifs is 1. The molecular weight excluding hydrogens is 354 g/mol. The first kappa shape index (κ1) is 17.7. The van der Waals surface area contributed by atoms with E-state index in [0.29, 0.717) is 23.3 Å². The molecule has 0 spiro atoms. The summed E-state index contributed by atoms with van der Waals surface area (Å²) in [4.78, 5) is 25.1. The van der Waals surface area contributed by atoms with Crippen LogP contribution in [0, 0.1) is 13.8 Å². The third-order valence-corrected chi connectivity index (χ3v) is 4.70. The van der Waals surface area contributed by atoms with Crippen molar-refractivity contribution in [1.29, 1.82) is 0 Å². The zero-order chi connectivity index (χ0) is 19.7. The summed E-state index contributed by atoms with van der Waals surface area (Å²) in [5.74, 6) is -0.00283. The first-order valence-electron chi connectivity index (χ1n) is 8.93. The van der Waals surface area contributed by atoms with Crippen molar-refractivity contribution >= 4 is 22.7 Å². The highest BCUT2D eigenvalue weighted by atomic mass is 16.3. The van der Waals surface area contributed by atoms with Crippen LogP contribution in [0.25, 0.3) is 11.0 Å². The predicted octanol–water partition coefficient (Wildman–Crippen LogP) is 3.91. The molecule has 140 valence electrons. The molecule has 4 rings (SSSR count). The number of aromatic nitrogens is 2. The van der Waals surface area contributed by atoms with E-state index in [9.17, 15) is 9.59 Å². The molecule has 1 amide bonds. The lowest BCUT2D eigenvalue weighted by atomic mass is 10.1. The fraction of sp³-hybridized carbons (Fsp3) is 0.136. The van der Waals surface area contributed by atoms with Crippen LogP contribution in [-0.4, -0.2) is 15.7 Å². The SMILES string of the molecule is Cc1cc2oc(C(=O)Nc3ccnn3Cc3ccccc3)cc(=O)c2cc1C. The Morgan fingerprint density at radius 2 is 1.82 bits per heavy atom. The second-order valence-electron chi connectivity index (χ2n) is 6.72. The van der Waals surface area contributed by atoms with Crippen LogP contribution >= 0.6 is 0 Å². The van der Waals surface area contributed by atoms with Gasteiger partial charge in [-0.05, 0) is 42.7 Å². The van der Waals surface area contributed by atoms with Crippen molar-refractivity contribution in [3.63, 3.8) is 0 Å². The molecule has 1 N–H and O–H groups in total. The van der Waals surface area contributed by atoms with E-state index in [1.165, 1.54) is 6.07 Å². The minimum atomic E-state index is -0.493. The van der Waals surface area contributed by atoms with Gasteiger partial charge in [0.05, 0.1) is 18.1 Å². The fourth-order valence-electron chi connectivity index (χ4n) is 3.02. The molecule has 4 aromatic rings. The highest BCUT2D eigenvalue weighted by molar-refractivity contribution is 6.02. The first-order chi connectivity index (χ1) is 13.5. The number of carbonyl (C=O) groups excluding carboxylic acids is 1. The molecule has 0 saturated carbocycles. The van der Waals surface area contributed by atoms with Gasteiger partial charge in [0.25, 0.3) is 5.91 Å². The number of anilines is 1. The van der Waals surface area contributed by atoms with E-state index in [2.05, 4.69) is 10.4 Å². The van der Waals surface area contributed by atoms with Gasteiger partial charge in [0.2, 0.25) is 0 Å². The van der Waals surface area contributed by atoms with Gasteiger partial charge >= 0.3 is 0 Å². The molecule has 0 unspecified atom stereocenters. The van der Waals surface area contributed by atoms with Crippen molar-refractivity contribution in [1.82, 2.24) is 9.78 Å². The topological polar surface area (TPSA) is 77.1 Å². The minimum Gasteiger partial charge on any atom is -0.451 e. The Labute approximate surface area is 161 Å². The lowest BCUT2D eigenvalue weighted by molar-refractivity contribution is 0.0996. The van der Waals surface area contributed by atoms with Crippen LogP contribution in [-0.2, 0) is 6.54 Å². The Hall–Kier alpha value is -3.67. The van der Waals surface area contributed by atoms with Crippen molar-refractivity contribution in [3.05, 3.63) is 93.5 Å². The van der Waals surface area contributed by atoms with E-state index in [4.69, 9.17) is 4.42 Å². The predicted molar refractivity (Wildman–Crippen MR) is 108 cm³/mol. The van der Waals surface area contributed by atoms with Gasteiger partial charge in [-0.3, -0.25) is 9.59 Å². The van der Waals surface area contributed by atoms with Gasteiger partial charge in [-0.25, -0.2) is 4.68 Å². The minimum absolute atomic E-state index is 0.0341. The van der Waals surface area contributed by atoms with Crippen molar-refractivity contribution in [3.8, 4) is 0 Å². The van der Waals surface area contributed by atoms with Crippen molar-refractivity contribution in [2.75, 3.05) is 5.32 Å². The molecule has 0 bridgehead atoms. The molecular formula is C22H19N3O3. The Balaban J connectivity index is 1.62. The van der Waals surface area contributed by atoms with E-state index in [0.717, 1.165) is 16.7 Å². The maximum Gasteiger partial charge on any atom is 0.292 e. The van der Waals surface area contributed by atoms with Crippen LogP contribution in [0.2, 0.25) is 0 Å². The molecule has 0 aliphatic rings. The highest BCUT2D eigenvalue weighted by Crippen LogP contribution is 2.19. The van der Waals surface area contributed by atoms with Gasteiger partial charge in [-0.1, -0.05) is 30.3 Å². The maximum atomic E-state index is 12.7. The van der Waals surface area contributed by atoms with E-state index >= 15 is 0 Å². The number of rotatable bonds is 4.